The second-order valence-electron chi connectivity index (χ2n) is 8.02. The minimum atomic E-state index is -3.92. The number of rotatable bonds is 12. The topological polar surface area (TPSA) is 112 Å². The first-order chi connectivity index (χ1) is 18.2. The van der Waals surface area contributed by atoms with E-state index < -0.39 is 10.0 Å². The second-order valence-corrected chi connectivity index (χ2v) is 9.58. The minimum Gasteiger partial charge on any atom is -0.496 e. The summed E-state index contributed by atoms with van der Waals surface area (Å²) in [6.07, 6.45) is 4.24. The fourth-order valence-corrected chi connectivity index (χ4v) is 4.30. The number of benzene rings is 3. The molecule has 0 bridgehead atoms. The smallest absolute Gasteiger partial charge is 0.255 e. The maximum atomic E-state index is 12.8. The molecule has 0 amide bonds. The molecule has 0 aliphatic carbocycles. The number of nitrogens with one attached hydrogen (secondary N) is 2. The molecule has 3 aromatic rings. The summed E-state index contributed by atoms with van der Waals surface area (Å²) in [6, 6.07) is 15.2. The lowest BCUT2D eigenvalue weighted by atomic mass is 10.1. The van der Waals surface area contributed by atoms with Gasteiger partial charge < -0.3 is 24.3 Å². The number of allylic oxidation sites excluding steroid dienone is 1. The Bertz CT molecular complexity index is 1420. The third kappa shape index (κ3) is 7.30. The van der Waals surface area contributed by atoms with Crippen LogP contribution < -0.4 is 29.0 Å². The van der Waals surface area contributed by atoms with Crippen molar-refractivity contribution < 1.29 is 32.2 Å². The molecule has 3 aromatic carbocycles. The Morgan fingerprint density at radius 1 is 0.816 bits per heavy atom. The van der Waals surface area contributed by atoms with Gasteiger partial charge in [0.1, 0.15) is 23.0 Å². The van der Waals surface area contributed by atoms with Crippen molar-refractivity contribution in [3.8, 4) is 23.0 Å². The highest BCUT2D eigenvalue weighted by Crippen LogP contribution is 2.35. The SMILES string of the molecule is COc1cc(OC)c(/C=C/S(=O)(=O)Nc2ccc(OC)c(N/C=C\C(=O)c3ccc(C)cc3)c2)c(OC)c1. The molecule has 0 radical (unpaired) electrons. The number of methoxy groups -OCH3 is 4. The highest BCUT2D eigenvalue weighted by atomic mass is 32.2. The number of ether oxygens (including phenoxy) is 4. The number of aryl methyl sites for hydroxylation is 1. The van der Waals surface area contributed by atoms with E-state index >= 15 is 0 Å². The molecular weight excluding hydrogens is 508 g/mol. The van der Waals surface area contributed by atoms with Gasteiger partial charge in [0, 0.05) is 30.0 Å². The maximum absolute atomic E-state index is 12.8. The molecule has 3 rings (SSSR count). The van der Waals surface area contributed by atoms with Gasteiger partial charge in [0.25, 0.3) is 10.0 Å². The van der Waals surface area contributed by atoms with Crippen LogP contribution in [-0.4, -0.2) is 42.6 Å². The molecule has 0 saturated carbocycles. The van der Waals surface area contributed by atoms with E-state index in [1.54, 1.807) is 42.5 Å². The molecule has 0 heterocycles. The van der Waals surface area contributed by atoms with Crippen LogP contribution in [0, 0.1) is 6.92 Å². The predicted molar refractivity (Wildman–Crippen MR) is 149 cm³/mol. The molecule has 0 fully saturated rings. The number of ketones is 1. The molecule has 0 spiro atoms. The van der Waals surface area contributed by atoms with Crippen LogP contribution >= 0.6 is 0 Å². The molecule has 0 aliphatic rings. The lowest BCUT2D eigenvalue weighted by Gasteiger charge is -2.13. The van der Waals surface area contributed by atoms with Crippen molar-refractivity contribution >= 4 is 33.3 Å². The van der Waals surface area contributed by atoms with Crippen LogP contribution in [-0.2, 0) is 10.0 Å². The number of hydrogen-bond donors (Lipinski definition) is 2. The third-order valence-corrected chi connectivity index (χ3v) is 6.45. The van der Waals surface area contributed by atoms with E-state index in [-0.39, 0.29) is 11.5 Å². The Kier molecular flexibility index (Phi) is 9.39. The number of sulfonamides is 1. The highest BCUT2D eigenvalue weighted by Gasteiger charge is 2.14. The van der Waals surface area contributed by atoms with Gasteiger partial charge in [0.15, 0.2) is 5.78 Å². The summed E-state index contributed by atoms with van der Waals surface area (Å²) in [7, 11) is 2.01. The molecule has 9 nitrogen and oxygen atoms in total. The van der Waals surface area contributed by atoms with Gasteiger partial charge in [-0.15, -0.1) is 0 Å². The standard InChI is InChI=1S/C28H30N2O7S/c1-19-6-8-20(9-7-19)25(31)12-14-29-24-16-21(10-11-26(24)35-3)30-38(32,33)15-13-23-27(36-4)17-22(34-2)18-28(23)37-5/h6-18,29-30H,1-5H3/b14-12-,15-13+. The van der Waals surface area contributed by atoms with Gasteiger partial charge in [-0.05, 0) is 31.2 Å². The number of carbonyl (C=O) groups is 1. The van der Waals surface area contributed by atoms with E-state index in [2.05, 4.69) is 10.0 Å². The van der Waals surface area contributed by atoms with Crippen LogP contribution in [0.25, 0.3) is 6.08 Å². The van der Waals surface area contributed by atoms with Crippen LogP contribution in [0.1, 0.15) is 21.5 Å². The molecule has 2 N–H and O–H groups in total. The van der Waals surface area contributed by atoms with E-state index in [0.717, 1.165) is 11.0 Å². The van der Waals surface area contributed by atoms with Gasteiger partial charge >= 0.3 is 0 Å². The van der Waals surface area contributed by atoms with Crippen molar-refractivity contribution in [3.63, 3.8) is 0 Å². The highest BCUT2D eigenvalue weighted by molar-refractivity contribution is 7.95. The van der Waals surface area contributed by atoms with Crippen molar-refractivity contribution in [2.75, 3.05) is 38.5 Å². The lowest BCUT2D eigenvalue weighted by molar-refractivity contribution is 0.104. The first-order valence-corrected chi connectivity index (χ1v) is 13.0. The number of anilines is 2. The quantitative estimate of drug-likeness (QED) is 0.238. The average Bonchev–Trinajstić information content (AvgIpc) is 2.91. The van der Waals surface area contributed by atoms with E-state index in [1.807, 2.05) is 19.1 Å². The van der Waals surface area contributed by atoms with Crippen molar-refractivity contribution in [1.29, 1.82) is 0 Å². The van der Waals surface area contributed by atoms with E-state index in [0.29, 0.717) is 39.8 Å². The Hall–Kier alpha value is -4.44. The number of hydrogen-bond acceptors (Lipinski definition) is 8. The van der Waals surface area contributed by atoms with Gasteiger partial charge in [-0.3, -0.25) is 9.52 Å². The van der Waals surface area contributed by atoms with Crippen LogP contribution in [0.4, 0.5) is 11.4 Å². The second kappa shape index (κ2) is 12.7. The molecule has 0 unspecified atom stereocenters. The molecule has 0 atom stereocenters. The molecule has 10 heteroatoms. The molecular formula is C28H30N2O7S. The summed E-state index contributed by atoms with van der Waals surface area (Å²) in [6.45, 7) is 1.95. The van der Waals surface area contributed by atoms with Crippen LogP contribution in [0.5, 0.6) is 23.0 Å². The minimum absolute atomic E-state index is 0.178. The normalized spacial score (nSPS) is 11.4. The fraction of sp³-hybridized carbons (Fsp3) is 0.179. The monoisotopic (exact) mass is 538 g/mol. The van der Waals surface area contributed by atoms with E-state index in [9.17, 15) is 13.2 Å². The third-order valence-electron chi connectivity index (χ3n) is 5.44. The van der Waals surface area contributed by atoms with Gasteiger partial charge in [-0.2, -0.15) is 0 Å². The molecule has 0 aromatic heterocycles. The van der Waals surface area contributed by atoms with Crippen molar-refractivity contribution in [2.45, 2.75) is 6.92 Å². The summed E-state index contributed by atoms with van der Waals surface area (Å²) in [4.78, 5) is 12.4. The van der Waals surface area contributed by atoms with Gasteiger partial charge in [0.2, 0.25) is 0 Å². The molecule has 38 heavy (non-hydrogen) atoms. The predicted octanol–water partition coefficient (Wildman–Crippen LogP) is 5.25. The zero-order valence-electron chi connectivity index (χ0n) is 21.8. The number of carbonyl (C=O) groups excluding carboxylic acids is 1. The molecule has 200 valence electrons. The van der Waals surface area contributed by atoms with Gasteiger partial charge in [0.05, 0.1) is 50.8 Å². The Balaban J connectivity index is 1.78. The zero-order chi connectivity index (χ0) is 27.7. The largest absolute Gasteiger partial charge is 0.496 e. The van der Waals surface area contributed by atoms with Crippen molar-refractivity contribution in [3.05, 3.63) is 89.0 Å². The van der Waals surface area contributed by atoms with Crippen molar-refractivity contribution in [1.82, 2.24) is 0 Å². The first-order valence-electron chi connectivity index (χ1n) is 11.4. The molecule has 0 saturated heterocycles. The summed E-state index contributed by atoms with van der Waals surface area (Å²) in [5, 5.41) is 3.99. The lowest BCUT2D eigenvalue weighted by Crippen LogP contribution is -2.09. The van der Waals surface area contributed by atoms with E-state index in [1.165, 1.54) is 46.8 Å². The van der Waals surface area contributed by atoms with Gasteiger partial charge in [-0.25, -0.2) is 8.42 Å². The van der Waals surface area contributed by atoms with Crippen molar-refractivity contribution in [2.24, 2.45) is 0 Å². The van der Waals surface area contributed by atoms with Crippen LogP contribution in [0.3, 0.4) is 0 Å². The fourth-order valence-electron chi connectivity index (χ4n) is 3.46. The summed E-state index contributed by atoms with van der Waals surface area (Å²) in [5.41, 5.74) is 2.79. The first kappa shape index (κ1) is 28.1. The average molecular weight is 539 g/mol. The molecule has 0 aliphatic heterocycles. The van der Waals surface area contributed by atoms with E-state index in [4.69, 9.17) is 18.9 Å². The maximum Gasteiger partial charge on any atom is 0.255 e. The summed E-state index contributed by atoms with van der Waals surface area (Å²) < 4.78 is 49.5. The Labute approximate surface area is 222 Å². The Morgan fingerprint density at radius 2 is 1.45 bits per heavy atom. The Morgan fingerprint density at radius 3 is 2.03 bits per heavy atom. The van der Waals surface area contributed by atoms with Crippen LogP contribution in [0.2, 0.25) is 0 Å². The summed E-state index contributed by atoms with van der Waals surface area (Å²) in [5.74, 6) is 1.56. The zero-order valence-corrected chi connectivity index (χ0v) is 22.6. The van der Waals surface area contributed by atoms with Gasteiger partial charge in [-0.1, -0.05) is 29.8 Å². The van der Waals surface area contributed by atoms with Crippen LogP contribution in [0.15, 0.2) is 72.3 Å². The summed E-state index contributed by atoms with van der Waals surface area (Å²) >= 11 is 0.